The second-order valence-electron chi connectivity index (χ2n) is 6.95. The molecule has 2 rings (SSSR count). The lowest BCUT2D eigenvalue weighted by molar-refractivity contribution is -0.159. The molecule has 1 atom stereocenters. The van der Waals surface area contributed by atoms with Gasteiger partial charge < -0.3 is 15.4 Å². The molecule has 6 nitrogen and oxygen atoms in total. The van der Waals surface area contributed by atoms with Crippen molar-refractivity contribution in [1.29, 1.82) is 0 Å². The Morgan fingerprint density at radius 1 is 1.12 bits per heavy atom. The van der Waals surface area contributed by atoms with Crippen molar-refractivity contribution in [3.05, 3.63) is 29.3 Å². The molecule has 0 bridgehead atoms. The number of esters is 1. The minimum absolute atomic E-state index is 0.105. The SMILES string of the molecule is Cc1cccc(C)c1NC(=O)CNC(=O)C(C)OC(=O)C1CCCCC1. The van der Waals surface area contributed by atoms with Gasteiger partial charge in [0, 0.05) is 5.69 Å². The molecule has 1 aliphatic rings. The summed E-state index contributed by atoms with van der Waals surface area (Å²) in [5, 5.41) is 5.33. The molecule has 0 heterocycles. The maximum atomic E-state index is 12.1. The molecule has 0 spiro atoms. The van der Waals surface area contributed by atoms with Crippen LogP contribution in [-0.4, -0.2) is 30.4 Å². The summed E-state index contributed by atoms with van der Waals surface area (Å²) in [7, 11) is 0. The quantitative estimate of drug-likeness (QED) is 0.764. The Labute approximate surface area is 154 Å². The summed E-state index contributed by atoms with van der Waals surface area (Å²) in [4.78, 5) is 36.2. The highest BCUT2D eigenvalue weighted by molar-refractivity contribution is 5.96. The van der Waals surface area contributed by atoms with Crippen LogP contribution in [0.2, 0.25) is 0 Å². The topological polar surface area (TPSA) is 84.5 Å². The second-order valence-corrected chi connectivity index (χ2v) is 6.95. The van der Waals surface area contributed by atoms with Crippen molar-refractivity contribution in [1.82, 2.24) is 5.32 Å². The normalized spacial score (nSPS) is 15.8. The van der Waals surface area contributed by atoms with Gasteiger partial charge in [0.05, 0.1) is 12.5 Å². The molecular weight excluding hydrogens is 332 g/mol. The highest BCUT2D eigenvalue weighted by Crippen LogP contribution is 2.25. The maximum absolute atomic E-state index is 12.1. The van der Waals surface area contributed by atoms with Crippen LogP contribution >= 0.6 is 0 Å². The molecule has 1 aromatic carbocycles. The van der Waals surface area contributed by atoms with Gasteiger partial charge in [-0.2, -0.15) is 0 Å². The number of carbonyl (C=O) groups excluding carboxylic acids is 3. The van der Waals surface area contributed by atoms with E-state index < -0.39 is 12.0 Å². The van der Waals surface area contributed by atoms with Gasteiger partial charge in [0.2, 0.25) is 5.91 Å². The van der Waals surface area contributed by atoms with Gasteiger partial charge in [-0.1, -0.05) is 37.5 Å². The number of rotatable bonds is 6. The molecule has 142 valence electrons. The van der Waals surface area contributed by atoms with Crippen molar-refractivity contribution < 1.29 is 19.1 Å². The molecule has 1 aromatic rings. The third-order valence-electron chi connectivity index (χ3n) is 4.77. The van der Waals surface area contributed by atoms with Crippen LogP contribution in [0.15, 0.2) is 18.2 Å². The fraction of sp³-hybridized carbons (Fsp3) is 0.550. The van der Waals surface area contributed by atoms with E-state index in [4.69, 9.17) is 4.74 Å². The third-order valence-corrected chi connectivity index (χ3v) is 4.77. The van der Waals surface area contributed by atoms with Crippen LogP contribution < -0.4 is 10.6 Å². The molecule has 0 radical (unpaired) electrons. The molecule has 0 aliphatic heterocycles. The molecule has 2 N–H and O–H groups in total. The zero-order chi connectivity index (χ0) is 19.1. The van der Waals surface area contributed by atoms with E-state index in [1.54, 1.807) is 0 Å². The van der Waals surface area contributed by atoms with Gasteiger partial charge in [0.1, 0.15) is 0 Å². The van der Waals surface area contributed by atoms with Crippen molar-refractivity contribution in [2.45, 2.75) is 59.0 Å². The Morgan fingerprint density at radius 3 is 2.35 bits per heavy atom. The van der Waals surface area contributed by atoms with E-state index in [0.717, 1.165) is 48.9 Å². The van der Waals surface area contributed by atoms with Crippen molar-refractivity contribution in [2.75, 3.05) is 11.9 Å². The summed E-state index contributed by atoms with van der Waals surface area (Å²) in [5.41, 5.74) is 2.67. The molecular formula is C20H28N2O4. The smallest absolute Gasteiger partial charge is 0.309 e. The lowest BCUT2D eigenvalue weighted by Gasteiger charge is -2.22. The predicted octanol–water partition coefficient (Wildman–Crippen LogP) is 2.87. The number of anilines is 1. The van der Waals surface area contributed by atoms with Crippen molar-refractivity contribution in [2.24, 2.45) is 5.92 Å². The van der Waals surface area contributed by atoms with E-state index in [1.807, 2.05) is 32.0 Å². The summed E-state index contributed by atoms with van der Waals surface area (Å²) in [6.07, 6.45) is 3.95. The molecule has 6 heteroatoms. The Balaban J connectivity index is 1.78. The number of carbonyl (C=O) groups is 3. The first kappa shape index (κ1) is 19.9. The van der Waals surface area contributed by atoms with Crippen LogP contribution in [0, 0.1) is 19.8 Å². The van der Waals surface area contributed by atoms with Crippen molar-refractivity contribution in [3.63, 3.8) is 0 Å². The molecule has 1 fully saturated rings. The van der Waals surface area contributed by atoms with E-state index in [0.29, 0.717) is 0 Å². The summed E-state index contributed by atoms with van der Waals surface area (Å²) in [6, 6.07) is 5.74. The number of nitrogens with one attached hydrogen (secondary N) is 2. The molecule has 1 aliphatic carbocycles. The van der Waals surface area contributed by atoms with Gasteiger partial charge in [0.25, 0.3) is 5.91 Å². The van der Waals surface area contributed by atoms with E-state index in [2.05, 4.69) is 10.6 Å². The first-order chi connectivity index (χ1) is 12.4. The number of para-hydroxylation sites is 1. The third kappa shape index (κ3) is 5.58. The monoisotopic (exact) mass is 360 g/mol. The average Bonchev–Trinajstić information content (AvgIpc) is 2.63. The summed E-state index contributed by atoms with van der Waals surface area (Å²) in [6.45, 7) is 5.18. The van der Waals surface area contributed by atoms with Gasteiger partial charge in [-0.15, -0.1) is 0 Å². The number of amides is 2. The Morgan fingerprint density at radius 2 is 1.73 bits per heavy atom. The van der Waals surface area contributed by atoms with E-state index in [1.165, 1.54) is 6.92 Å². The van der Waals surface area contributed by atoms with Crippen molar-refractivity contribution >= 4 is 23.5 Å². The van der Waals surface area contributed by atoms with Gasteiger partial charge >= 0.3 is 5.97 Å². The van der Waals surface area contributed by atoms with Gasteiger partial charge in [0.15, 0.2) is 6.10 Å². The molecule has 1 saturated carbocycles. The lowest BCUT2D eigenvalue weighted by Crippen LogP contribution is -2.41. The van der Waals surface area contributed by atoms with Crippen LogP contribution in [0.3, 0.4) is 0 Å². The predicted molar refractivity (Wildman–Crippen MR) is 99.7 cm³/mol. The first-order valence-electron chi connectivity index (χ1n) is 9.22. The largest absolute Gasteiger partial charge is 0.452 e. The summed E-state index contributed by atoms with van der Waals surface area (Å²) < 4.78 is 5.26. The van der Waals surface area contributed by atoms with Crippen molar-refractivity contribution in [3.8, 4) is 0 Å². The molecule has 0 saturated heterocycles. The highest BCUT2D eigenvalue weighted by Gasteiger charge is 2.26. The fourth-order valence-electron chi connectivity index (χ4n) is 3.17. The zero-order valence-corrected chi connectivity index (χ0v) is 15.8. The first-order valence-corrected chi connectivity index (χ1v) is 9.22. The highest BCUT2D eigenvalue weighted by atomic mass is 16.5. The Bertz CT molecular complexity index is 646. The van der Waals surface area contributed by atoms with Gasteiger partial charge in [-0.25, -0.2) is 0 Å². The number of ether oxygens (including phenoxy) is 1. The minimum atomic E-state index is -0.905. The Hall–Kier alpha value is -2.37. The van der Waals surface area contributed by atoms with E-state index in [9.17, 15) is 14.4 Å². The van der Waals surface area contributed by atoms with Crippen LogP contribution in [-0.2, 0) is 19.1 Å². The van der Waals surface area contributed by atoms with Gasteiger partial charge in [-0.3, -0.25) is 14.4 Å². The standard InChI is InChI=1S/C20H28N2O4/c1-13-8-7-9-14(2)18(13)22-17(23)12-21-19(24)15(3)26-20(25)16-10-5-4-6-11-16/h7-9,15-16H,4-6,10-12H2,1-3H3,(H,21,24)(H,22,23). The maximum Gasteiger partial charge on any atom is 0.309 e. The molecule has 2 amide bonds. The lowest BCUT2D eigenvalue weighted by atomic mass is 9.89. The Kier molecular flexibility index (Phi) is 7.18. The second kappa shape index (κ2) is 9.36. The van der Waals surface area contributed by atoms with Crippen LogP contribution in [0.25, 0.3) is 0 Å². The average molecular weight is 360 g/mol. The number of aryl methyl sites for hydroxylation is 2. The van der Waals surface area contributed by atoms with Crippen LogP contribution in [0.4, 0.5) is 5.69 Å². The number of benzene rings is 1. The van der Waals surface area contributed by atoms with Crippen LogP contribution in [0.1, 0.15) is 50.2 Å². The number of hydrogen-bond donors (Lipinski definition) is 2. The summed E-state index contributed by atoms with van der Waals surface area (Å²) >= 11 is 0. The fourth-order valence-corrected chi connectivity index (χ4v) is 3.17. The molecule has 1 unspecified atom stereocenters. The van der Waals surface area contributed by atoms with E-state index >= 15 is 0 Å². The molecule has 0 aromatic heterocycles. The zero-order valence-electron chi connectivity index (χ0n) is 15.8. The number of hydrogen-bond acceptors (Lipinski definition) is 4. The molecule has 26 heavy (non-hydrogen) atoms. The van der Waals surface area contributed by atoms with Gasteiger partial charge in [-0.05, 0) is 44.7 Å². The van der Waals surface area contributed by atoms with Crippen LogP contribution in [0.5, 0.6) is 0 Å². The van der Waals surface area contributed by atoms with E-state index in [-0.39, 0.29) is 24.3 Å². The summed E-state index contributed by atoms with van der Waals surface area (Å²) in [5.74, 6) is -1.20. The minimum Gasteiger partial charge on any atom is -0.452 e.